The summed E-state index contributed by atoms with van der Waals surface area (Å²) >= 11 is 0. The van der Waals surface area contributed by atoms with Crippen LogP contribution < -0.4 is 0 Å². The summed E-state index contributed by atoms with van der Waals surface area (Å²) in [4.78, 5) is 0. The highest BCUT2D eigenvalue weighted by molar-refractivity contribution is 4.76. The third-order valence-electron chi connectivity index (χ3n) is 3.94. The van der Waals surface area contributed by atoms with Gasteiger partial charge in [-0.05, 0) is 6.42 Å². The molecule has 0 radical (unpaired) electrons. The summed E-state index contributed by atoms with van der Waals surface area (Å²) in [5, 5.41) is 36.9. The van der Waals surface area contributed by atoms with Crippen molar-refractivity contribution < 1.29 is 25.2 Å². The van der Waals surface area contributed by atoms with Crippen LogP contribution in [0.15, 0.2) is 0 Å². The van der Waals surface area contributed by atoms with Gasteiger partial charge in [0, 0.05) is 6.61 Å². The molecule has 22 heavy (non-hydrogen) atoms. The van der Waals surface area contributed by atoms with Gasteiger partial charge in [-0.25, -0.2) is 0 Å². The molecule has 3 atom stereocenters. The average molecular weight is 320 g/mol. The van der Waals surface area contributed by atoms with Gasteiger partial charge in [-0.2, -0.15) is 0 Å². The van der Waals surface area contributed by atoms with Gasteiger partial charge in [-0.1, -0.05) is 64.7 Å². The summed E-state index contributed by atoms with van der Waals surface area (Å²) in [6.07, 6.45) is 9.04. The molecule has 0 rings (SSSR count). The zero-order valence-corrected chi connectivity index (χ0v) is 14.1. The van der Waals surface area contributed by atoms with E-state index in [1.807, 2.05) is 0 Å². The van der Waals surface area contributed by atoms with Crippen molar-refractivity contribution in [1.29, 1.82) is 0 Å². The first-order chi connectivity index (χ1) is 10.7. The van der Waals surface area contributed by atoms with E-state index in [4.69, 9.17) is 14.9 Å². The lowest BCUT2D eigenvalue weighted by atomic mass is 10.1. The fourth-order valence-corrected chi connectivity index (χ4v) is 2.50. The SMILES string of the molecule is CCCCCCCCCCCCOC([C@H](O)CO)[C@@H](O)CO. The van der Waals surface area contributed by atoms with E-state index in [1.54, 1.807) is 0 Å². The van der Waals surface area contributed by atoms with Crippen LogP contribution in [0.4, 0.5) is 0 Å². The van der Waals surface area contributed by atoms with Crippen LogP contribution in [0.2, 0.25) is 0 Å². The van der Waals surface area contributed by atoms with Gasteiger partial charge in [0.2, 0.25) is 0 Å². The van der Waals surface area contributed by atoms with E-state index in [1.165, 1.54) is 51.4 Å². The van der Waals surface area contributed by atoms with Gasteiger partial charge in [0.15, 0.2) is 0 Å². The van der Waals surface area contributed by atoms with Crippen LogP contribution in [0.25, 0.3) is 0 Å². The number of hydrogen-bond donors (Lipinski definition) is 4. The van der Waals surface area contributed by atoms with Gasteiger partial charge >= 0.3 is 0 Å². The molecule has 0 aliphatic heterocycles. The third-order valence-corrected chi connectivity index (χ3v) is 3.94. The highest BCUT2D eigenvalue weighted by atomic mass is 16.5. The molecule has 0 aromatic rings. The Bertz CT molecular complexity index is 215. The molecular weight excluding hydrogens is 284 g/mol. The van der Waals surface area contributed by atoms with Crippen molar-refractivity contribution in [2.45, 2.75) is 89.4 Å². The zero-order chi connectivity index (χ0) is 16.6. The van der Waals surface area contributed by atoms with Gasteiger partial charge in [0.25, 0.3) is 0 Å². The molecule has 5 nitrogen and oxygen atoms in total. The van der Waals surface area contributed by atoms with Crippen molar-refractivity contribution in [3.05, 3.63) is 0 Å². The molecule has 5 heteroatoms. The maximum atomic E-state index is 9.53. The molecule has 0 aromatic carbocycles. The maximum absolute atomic E-state index is 9.53. The number of ether oxygens (including phenoxy) is 1. The minimum Gasteiger partial charge on any atom is -0.394 e. The highest BCUT2D eigenvalue weighted by Gasteiger charge is 2.26. The minimum absolute atomic E-state index is 0.426. The van der Waals surface area contributed by atoms with Crippen LogP contribution in [0.3, 0.4) is 0 Å². The molecular formula is C17H36O5. The van der Waals surface area contributed by atoms with Gasteiger partial charge in [-0.15, -0.1) is 0 Å². The van der Waals surface area contributed by atoms with E-state index in [0.717, 1.165) is 12.8 Å². The minimum atomic E-state index is -1.16. The van der Waals surface area contributed by atoms with Crippen LogP contribution in [0.1, 0.15) is 71.1 Å². The lowest BCUT2D eigenvalue weighted by Gasteiger charge is -2.25. The van der Waals surface area contributed by atoms with Crippen LogP contribution in [0.5, 0.6) is 0 Å². The lowest BCUT2D eigenvalue weighted by Crippen LogP contribution is -2.43. The summed E-state index contributed by atoms with van der Waals surface area (Å²) < 4.78 is 5.40. The normalized spacial score (nSPS) is 15.7. The Balaban J connectivity index is 3.50. The van der Waals surface area contributed by atoms with Gasteiger partial charge < -0.3 is 25.2 Å². The van der Waals surface area contributed by atoms with Crippen molar-refractivity contribution in [2.75, 3.05) is 19.8 Å². The Morgan fingerprint density at radius 3 is 1.50 bits per heavy atom. The largest absolute Gasteiger partial charge is 0.394 e. The lowest BCUT2D eigenvalue weighted by molar-refractivity contribution is -0.123. The zero-order valence-electron chi connectivity index (χ0n) is 14.1. The Labute approximate surface area is 135 Å². The number of rotatable bonds is 16. The van der Waals surface area contributed by atoms with Crippen molar-refractivity contribution in [1.82, 2.24) is 0 Å². The standard InChI is InChI=1S/C17H36O5/c1-2-3-4-5-6-7-8-9-10-11-12-22-17(15(20)13-18)16(21)14-19/h15-21H,2-14H2,1H3/t15-,16+,17?. The van der Waals surface area contributed by atoms with Crippen molar-refractivity contribution in [3.8, 4) is 0 Å². The Morgan fingerprint density at radius 1 is 0.682 bits per heavy atom. The molecule has 0 spiro atoms. The highest BCUT2D eigenvalue weighted by Crippen LogP contribution is 2.11. The van der Waals surface area contributed by atoms with E-state index in [9.17, 15) is 10.2 Å². The second-order valence-electron chi connectivity index (χ2n) is 6.02. The first kappa shape index (κ1) is 21.8. The van der Waals surface area contributed by atoms with Crippen molar-refractivity contribution in [2.24, 2.45) is 0 Å². The fourth-order valence-electron chi connectivity index (χ4n) is 2.50. The van der Waals surface area contributed by atoms with E-state index >= 15 is 0 Å². The Hall–Kier alpha value is -0.200. The Kier molecular flexibility index (Phi) is 15.5. The van der Waals surface area contributed by atoms with Gasteiger partial charge in [0.05, 0.1) is 13.2 Å². The molecule has 0 saturated heterocycles. The van der Waals surface area contributed by atoms with Crippen LogP contribution >= 0.6 is 0 Å². The summed E-state index contributed by atoms with van der Waals surface area (Å²) in [7, 11) is 0. The molecule has 0 aromatic heterocycles. The first-order valence-electron chi connectivity index (χ1n) is 8.86. The molecule has 1 unspecified atom stereocenters. The van der Waals surface area contributed by atoms with Gasteiger partial charge in [0.1, 0.15) is 18.3 Å². The van der Waals surface area contributed by atoms with Crippen LogP contribution in [-0.4, -0.2) is 58.6 Å². The summed E-state index contributed by atoms with van der Waals surface area (Å²) in [6.45, 7) is 1.68. The van der Waals surface area contributed by atoms with Crippen LogP contribution in [0, 0.1) is 0 Å². The Morgan fingerprint density at radius 2 is 1.09 bits per heavy atom. The number of unbranched alkanes of at least 4 members (excludes halogenated alkanes) is 9. The molecule has 0 aliphatic rings. The van der Waals surface area contributed by atoms with Gasteiger partial charge in [-0.3, -0.25) is 0 Å². The molecule has 4 N–H and O–H groups in total. The maximum Gasteiger partial charge on any atom is 0.114 e. The van der Waals surface area contributed by atoms with Crippen molar-refractivity contribution in [3.63, 3.8) is 0 Å². The number of hydrogen-bond acceptors (Lipinski definition) is 5. The second kappa shape index (κ2) is 15.7. The quantitative estimate of drug-likeness (QED) is 0.327. The topological polar surface area (TPSA) is 90.2 Å². The van der Waals surface area contributed by atoms with Crippen molar-refractivity contribution >= 4 is 0 Å². The summed E-state index contributed by atoms with van der Waals surface area (Å²) in [5.74, 6) is 0. The number of aliphatic hydroxyl groups excluding tert-OH is 4. The third kappa shape index (κ3) is 11.4. The van der Waals surface area contributed by atoms with E-state index in [-0.39, 0.29) is 0 Å². The molecule has 0 bridgehead atoms. The summed E-state index contributed by atoms with van der Waals surface area (Å²) in [6, 6.07) is 0. The molecule has 0 amide bonds. The first-order valence-corrected chi connectivity index (χ1v) is 8.86. The molecule has 0 saturated carbocycles. The average Bonchev–Trinajstić information content (AvgIpc) is 2.54. The van der Waals surface area contributed by atoms with Crippen LogP contribution in [-0.2, 0) is 4.74 Å². The summed E-state index contributed by atoms with van der Waals surface area (Å²) in [5.41, 5.74) is 0. The van der Waals surface area contributed by atoms with E-state index < -0.39 is 31.5 Å². The molecule has 134 valence electrons. The van der Waals surface area contributed by atoms with E-state index in [0.29, 0.717) is 6.61 Å². The molecule has 0 heterocycles. The van der Waals surface area contributed by atoms with E-state index in [2.05, 4.69) is 6.92 Å². The monoisotopic (exact) mass is 320 g/mol. The molecule has 0 fully saturated rings. The number of aliphatic hydroxyl groups is 4. The fraction of sp³-hybridized carbons (Fsp3) is 1.00. The predicted molar refractivity (Wildman–Crippen MR) is 87.8 cm³/mol. The predicted octanol–water partition coefficient (Wildman–Crippen LogP) is 2.00. The second-order valence-corrected chi connectivity index (χ2v) is 6.02. The molecule has 0 aliphatic carbocycles. The smallest absolute Gasteiger partial charge is 0.114 e.